The lowest BCUT2D eigenvalue weighted by molar-refractivity contribution is -0.140. The molecule has 1 aliphatic heterocycles. The zero-order valence-electron chi connectivity index (χ0n) is 15.1. The van der Waals surface area contributed by atoms with Crippen molar-refractivity contribution in [2.24, 2.45) is 0 Å². The molecule has 2 aromatic carbocycles. The van der Waals surface area contributed by atoms with Crippen LogP contribution < -0.4 is 9.47 Å². The summed E-state index contributed by atoms with van der Waals surface area (Å²) in [7, 11) is 1.67. The van der Waals surface area contributed by atoms with Gasteiger partial charge in [0.1, 0.15) is 6.61 Å². The largest absolute Gasteiger partial charge is 0.485 e. The van der Waals surface area contributed by atoms with E-state index >= 15 is 0 Å². The second-order valence-corrected chi connectivity index (χ2v) is 6.44. The topological polar surface area (TPSA) is 77.7 Å². The maximum absolute atomic E-state index is 12.7. The molecule has 1 aliphatic rings. The van der Waals surface area contributed by atoms with Crippen molar-refractivity contribution in [1.29, 1.82) is 0 Å². The summed E-state index contributed by atoms with van der Waals surface area (Å²) in [5.41, 5.74) is 1.99. The number of aromatic nitrogens is 2. The number of rotatable bonds is 4. The van der Waals surface area contributed by atoms with E-state index in [1.807, 2.05) is 49.4 Å². The third-order valence-electron chi connectivity index (χ3n) is 4.28. The van der Waals surface area contributed by atoms with E-state index in [2.05, 4.69) is 10.1 Å². The fourth-order valence-electron chi connectivity index (χ4n) is 2.89. The molecule has 27 heavy (non-hydrogen) atoms. The monoisotopic (exact) mass is 365 g/mol. The Morgan fingerprint density at radius 2 is 2.00 bits per heavy atom. The highest BCUT2D eigenvalue weighted by Gasteiger charge is 2.30. The molecule has 0 radical (unpaired) electrons. The molecule has 1 atom stereocenters. The Morgan fingerprint density at radius 1 is 1.19 bits per heavy atom. The first kappa shape index (κ1) is 17.1. The first-order chi connectivity index (χ1) is 13.1. The molecule has 2 heterocycles. The van der Waals surface area contributed by atoms with Crippen molar-refractivity contribution in [2.45, 2.75) is 19.6 Å². The molecular formula is C20H19N3O4. The normalized spacial score (nSPS) is 15.4. The van der Waals surface area contributed by atoms with Crippen molar-refractivity contribution in [2.75, 3.05) is 13.7 Å². The Balaban J connectivity index is 1.42. The Labute approximate surface area is 156 Å². The van der Waals surface area contributed by atoms with Crippen LogP contribution in [0.2, 0.25) is 0 Å². The first-order valence-electron chi connectivity index (χ1n) is 8.63. The molecule has 0 N–H and O–H groups in total. The molecular weight excluding hydrogens is 346 g/mol. The van der Waals surface area contributed by atoms with Crippen LogP contribution in [0.3, 0.4) is 0 Å². The molecule has 3 aromatic rings. The lowest BCUT2D eigenvalue weighted by Gasteiger charge is -2.28. The average molecular weight is 365 g/mol. The van der Waals surface area contributed by atoms with E-state index in [0.717, 1.165) is 11.1 Å². The Morgan fingerprint density at radius 3 is 2.81 bits per heavy atom. The summed E-state index contributed by atoms with van der Waals surface area (Å²) in [6, 6.07) is 15.1. The van der Waals surface area contributed by atoms with Crippen LogP contribution in [0.5, 0.6) is 11.5 Å². The van der Waals surface area contributed by atoms with Crippen molar-refractivity contribution < 1.29 is 18.8 Å². The van der Waals surface area contributed by atoms with Gasteiger partial charge in [-0.1, -0.05) is 41.1 Å². The number of hydrogen-bond donors (Lipinski definition) is 0. The van der Waals surface area contributed by atoms with Gasteiger partial charge in [-0.15, -0.1) is 0 Å². The van der Waals surface area contributed by atoms with Crippen molar-refractivity contribution >= 4 is 5.91 Å². The molecule has 0 saturated heterocycles. The van der Waals surface area contributed by atoms with E-state index in [0.29, 0.717) is 23.2 Å². The Bertz CT molecular complexity index is 969. The number of fused-ring (bicyclic) bond motifs is 1. The number of hydrogen-bond acceptors (Lipinski definition) is 6. The fourth-order valence-corrected chi connectivity index (χ4v) is 2.89. The number of amides is 1. The van der Waals surface area contributed by atoms with E-state index in [-0.39, 0.29) is 19.1 Å². The lowest BCUT2D eigenvalue weighted by atomic mass is 10.1. The number of nitrogens with zero attached hydrogens (tertiary/aromatic N) is 3. The third kappa shape index (κ3) is 3.62. The van der Waals surface area contributed by atoms with Gasteiger partial charge in [0, 0.05) is 12.6 Å². The molecule has 1 aromatic heterocycles. The summed E-state index contributed by atoms with van der Waals surface area (Å²) in [5, 5.41) is 4.00. The molecule has 0 spiro atoms. The van der Waals surface area contributed by atoms with Crippen LogP contribution in [0, 0.1) is 6.92 Å². The zero-order chi connectivity index (χ0) is 18.8. The maximum Gasteiger partial charge on any atom is 0.267 e. The Hall–Kier alpha value is -3.35. The highest BCUT2D eigenvalue weighted by molar-refractivity contribution is 5.81. The number of likely N-dealkylation sites (N-methyl/N-ethyl adjacent to an activating group) is 1. The van der Waals surface area contributed by atoms with Crippen LogP contribution in [-0.4, -0.2) is 40.7 Å². The van der Waals surface area contributed by atoms with Gasteiger partial charge in [0.2, 0.25) is 17.8 Å². The predicted molar refractivity (Wildman–Crippen MR) is 97.3 cm³/mol. The minimum absolute atomic E-state index is 0.165. The molecule has 0 unspecified atom stereocenters. The van der Waals surface area contributed by atoms with Gasteiger partial charge in [-0.25, -0.2) is 0 Å². The van der Waals surface area contributed by atoms with Gasteiger partial charge >= 0.3 is 0 Å². The van der Waals surface area contributed by atoms with Crippen molar-refractivity contribution in [3.8, 4) is 22.9 Å². The zero-order valence-corrected chi connectivity index (χ0v) is 15.1. The minimum atomic E-state index is -0.705. The van der Waals surface area contributed by atoms with Crippen LogP contribution in [-0.2, 0) is 11.3 Å². The van der Waals surface area contributed by atoms with E-state index in [1.165, 1.54) is 4.90 Å². The molecule has 0 saturated carbocycles. The number of para-hydroxylation sites is 2. The van der Waals surface area contributed by atoms with Crippen LogP contribution >= 0.6 is 0 Å². The van der Waals surface area contributed by atoms with E-state index in [4.69, 9.17) is 14.0 Å². The molecule has 7 nitrogen and oxygen atoms in total. The van der Waals surface area contributed by atoms with Gasteiger partial charge < -0.3 is 18.9 Å². The molecule has 0 fully saturated rings. The lowest BCUT2D eigenvalue weighted by Crippen LogP contribution is -2.44. The molecule has 4 rings (SSSR count). The molecule has 7 heteroatoms. The molecule has 0 bridgehead atoms. The van der Waals surface area contributed by atoms with Crippen LogP contribution in [0.25, 0.3) is 11.4 Å². The van der Waals surface area contributed by atoms with Gasteiger partial charge in [-0.05, 0) is 25.1 Å². The molecule has 138 valence electrons. The van der Waals surface area contributed by atoms with Crippen molar-refractivity contribution in [1.82, 2.24) is 15.0 Å². The van der Waals surface area contributed by atoms with Crippen LogP contribution in [0.1, 0.15) is 11.5 Å². The van der Waals surface area contributed by atoms with E-state index in [9.17, 15) is 4.79 Å². The number of ether oxygens (including phenoxy) is 2. The predicted octanol–water partition coefficient (Wildman–Crippen LogP) is 2.84. The number of aryl methyl sites for hydroxylation is 1. The summed E-state index contributed by atoms with van der Waals surface area (Å²) < 4.78 is 16.7. The second-order valence-electron chi connectivity index (χ2n) is 6.44. The van der Waals surface area contributed by atoms with Gasteiger partial charge in [-0.3, -0.25) is 4.79 Å². The number of carbonyl (C=O) groups excluding carboxylic acids is 1. The molecule has 0 aliphatic carbocycles. The van der Waals surface area contributed by atoms with E-state index < -0.39 is 6.10 Å². The fraction of sp³-hybridized carbons (Fsp3) is 0.250. The highest BCUT2D eigenvalue weighted by Crippen LogP contribution is 2.31. The minimum Gasteiger partial charge on any atom is -0.485 e. The smallest absolute Gasteiger partial charge is 0.267 e. The van der Waals surface area contributed by atoms with Crippen LogP contribution in [0.4, 0.5) is 0 Å². The SMILES string of the molecule is Cc1cccc(-c2noc(CN(C)C(=O)[C@@H]3COc4ccccc4O3)n2)c1. The number of carbonyl (C=O) groups is 1. The number of benzene rings is 2. The summed E-state index contributed by atoms with van der Waals surface area (Å²) in [6.45, 7) is 2.36. The van der Waals surface area contributed by atoms with Gasteiger partial charge in [0.05, 0.1) is 6.54 Å². The summed E-state index contributed by atoms with van der Waals surface area (Å²) in [5.74, 6) is 1.86. The molecule has 1 amide bonds. The van der Waals surface area contributed by atoms with Gasteiger partial charge in [-0.2, -0.15) is 4.98 Å². The maximum atomic E-state index is 12.7. The quantitative estimate of drug-likeness (QED) is 0.707. The van der Waals surface area contributed by atoms with Crippen molar-refractivity contribution in [3.63, 3.8) is 0 Å². The summed E-state index contributed by atoms with van der Waals surface area (Å²) >= 11 is 0. The van der Waals surface area contributed by atoms with E-state index in [1.54, 1.807) is 13.1 Å². The van der Waals surface area contributed by atoms with Gasteiger partial charge in [0.15, 0.2) is 11.5 Å². The highest BCUT2D eigenvalue weighted by atomic mass is 16.6. The second kappa shape index (κ2) is 7.11. The van der Waals surface area contributed by atoms with Gasteiger partial charge in [0.25, 0.3) is 5.91 Å². The average Bonchev–Trinajstić information content (AvgIpc) is 3.15. The summed E-state index contributed by atoms with van der Waals surface area (Å²) in [6.07, 6.45) is -0.705. The summed E-state index contributed by atoms with van der Waals surface area (Å²) in [4.78, 5) is 18.5. The first-order valence-corrected chi connectivity index (χ1v) is 8.63. The Kier molecular flexibility index (Phi) is 4.50. The standard InChI is InChI=1S/C20H19N3O4/c1-13-6-5-7-14(10-13)19-21-18(27-22-19)11-23(2)20(24)17-12-25-15-8-3-4-9-16(15)26-17/h3-10,17H,11-12H2,1-2H3/t17-/m0/s1. The van der Waals surface area contributed by atoms with Crippen molar-refractivity contribution in [3.05, 3.63) is 60.0 Å². The van der Waals surface area contributed by atoms with Crippen LogP contribution in [0.15, 0.2) is 53.1 Å². The third-order valence-corrected chi connectivity index (χ3v) is 4.28.